The molecule has 27 heavy (non-hydrogen) atoms. The molecule has 0 bridgehead atoms. The smallest absolute Gasteiger partial charge is 0.257 e. The van der Waals surface area contributed by atoms with Crippen molar-refractivity contribution in [3.8, 4) is 5.75 Å². The van der Waals surface area contributed by atoms with E-state index in [-0.39, 0.29) is 5.91 Å². The topological polar surface area (TPSA) is 63.2 Å². The number of benzene rings is 2. The van der Waals surface area contributed by atoms with Crippen LogP contribution in [0.1, 0.15) is 28.4 Å². The minimum absolute atomic E-state index is 0.174. The molecule has 0 fully saturated rings. The van der Waals surface area contributed by atoms with E-state index in [2.05, 4.69) is 15.6 Å². The molecular formula is C22H23N3O2. The summed E-state index contributed by atoms with van der Waals surface area (Å²) < 4.78 is 5.43. The molecule has 1 aromatic heterocycles. The van der Waals surface area contributed by atoms with E-state index >= 15 is 0 Å². The average Bonchev–Trinajstić information content (AvgIpc) is 2.67. The highest BCUT2D eigenvalue weighted by Crippen LogP contribution is 2.21. The lowest BCUT2D eigenvalue weighted by Gasteiger charge is -2.12. The summed E-state index contributed by atoms with van der Waals surface area (Å²) in [6.07, 6.45) is 1.57. The van der Waals surface area contributed by atoms with Gasteiger partial charge >= 0.3 is 0 Å². The van der Waals surface area contributed by atoms with Crippen LogP contribution in [0.5, 0.6) is 5.75 Å². The standard InChI is InChI=1S/C22H23N3O2/c1-4-27-19-11-9-18(10-12-19)24-20-13-8-17(14-23-20)22(26)25-21-15(2)6-5-7-16(21)3/h5-14H,4H2,1-3H3,(H,23,24)(H,25,26). The lowest BCUT2D eigenvalue weighted by atomic mass is 10.1. The lowest BCUT2D eigenvalue weighted by Crippen LogP contribution is -2.14. The molecule has 0 aliphatic rings. The highest BCUT2D eigenvalue weighted by molar-refractivity contribution is 6.05. The van der Waals surface area contributed by atoms with E-state index < -0.39 is 0 Å². The Balaban J connectivity index is 1.66. The maximum Gasteiger partial charge on any atom is 0.257 e. The zero-order valence-electron chi connectivity index (χ0n) is 15.7. The van der Waals surface area contributed by atoms with Gasteiger partial charge in [0.1, 0.15) is 11.6 Å². The molecular weight excluding hydrogens is 338 g/mol. The quantitative estimate of drug-likeness (QED) is 0.642. The predicted molar refractivity (Wildman–Crippen MR) is 109 cm³/mol. The van der Waals surface area contributed by atoms with Crippen LogP contribution in [-0.4, -0.2) is 17.5 Å². The molecule has 0 saturated carbocycles. The minimum atomic E-state index is -0.174. The largest absolute Gasteiger partial charge is 0.494 e. The van der Waals surface area contributed by atoms with Gasteiger partial charge in [0, 0.05) is 17.6 Å². The van der Waals surface area contributed by atoms with Crippen LogP contribution in [-0.2, 0) is 0 Å². The molecule has 1 heterocycles. The highest BCUT2D eigenvalue weighted by atomic mass is 16.5. The Hall–Kier alpha value is -3.34. The molecule has 0 saturated heterocycles. The molecule has 3 rings (SSSR count). The molecule has 3 aromatic rings. The second-order valence-electron chi connectivity index (χ2n) is 6.24. The second-order valence-corrected chi connectivity index (χ2v) is 6.24. The zero-order chi connectivity index (χ0) is 19.2. The van der Waals surface area contributed by atoms with E-state index in [1.54, 1.807) is 18.3 Å². The number of carbonyl (C=O) groups excluding carboxylic acids is 1. The van der Waals surface area contributed by atoms with Crippen molar-refractivity contribution < 1.29 is 9.53 Å². The number of nitrogens with zero attached hydrogens (tertiary/aromatic N) is 1. The molecule has 0 unspecified atom stereocenters. The SMILES string of the molecule is CCOc1ccc(Nc2ccc(C(=O)Nc3c(C)cccc3C)cn2)cc1. The van der Waals surface area contributed by atoms with Crippen molar-refractivity contribution in [2.75, 3.05) is 17.2 Å². The van der Waals surface area contributed by atoms with Gasteiger partial charge in [-0.3, -0.25) is 4.79 Å². The molecule has 0 aliphatic carbocycles. The Morgan fingerprint density at radius 2 is 1.70 bits per heavy atom. The fourth-order valence-corrected chi connectivity index (χ4v) is 2.75. The van der Waals surface area contributed by atoms with Crippen molar-refractivity contribution in [1.82, 2.24) is 4.98 Å². The van der Waals surface area contributed by atoms with Crippen LogP contribution in [0, 0.1) is 13.8 Å². The third-order valence-corrected chi connectivity index (χ3v) is 4.18. The van der Waals surface area contributed by atoms with Gasteiger partial charge in [-0.25, -0.2) is 4.98 Å². The number of ether oxygens (including phenoxy) is 1. The number of hydrogen-bond acceptors (Lipinski definition) is 4. The van der Waals surface area contributed by atoms with Gasteiger partial charge in [-0.1, -0.05) is 18.2 Å². The van der Waals surface area contributed by atoms with Gasteiger partial charge in [0.05, 0.1) is 12.2 Å². The third kappa shape index (κ3) is 4.64. The molecule has 0 spiro atoms. The number of pyridine rings is 1. The van der Waals surface area contributed by atoms with Crippen LogP contribution in [0.3, 0.4) is 0 Å². The Kier molecular flexibility index (Phi) is 5.71. The Bertz CT molecular complexity index is 899. The van der Waals surface area contributed by atoms with Crippen LogP contribution >= 0.6 is 0 Å². The Morgan fingerprint density at radius 3 is 2.30 bits per heavy atom. The molecule has 0 aliphatic heterocycles. The molecule has 1 amide bonds. The van der Waals surface area contributed by atoms with Crippen LogP contribution in [0.4, 0.5) is 17.2 Å². The Labute approximate surface area is 159 Å². The summed E-state index contributed by atoms with van der Waals surface area (Å²) in [5, 5.41) is 6.18. The van der Waals surface area contributed by atoms with E-state index in [0.29, 0.717) is 18.0 Å². The average molecular weight is 361 g/mol. The lowest BCUT2D eigenvalue weighted by molar-refractivity contribution is 0.102. The van der Waals surface area contributed by atoms with Crippen molar-refractivity contribution in [3.63, 3.8) is 0 Å². The first-order chi connectivity index (χ1) is 13.1. The van der Waals surface area contributed by atoms with Gasteiger partial charge < -0.3 is 15.4 Å². The van der Waals surface area contributed by atoms with Crippen LogP contribution in [0.25, 0.3) is 0 Å². The monoisotopic (exact) mass is 361 g/mol. The van der Waals surface area contributed by atoms with E-state index in [1.807, 2.05) is 63.2 Å². The van der Waals surface area contributed by atoms with Gasteiger partial charge in [-0.15, -0.1) is 0 Å². The molecule has 0 atom stereocenters. The first-order valence-corrected chi connectivity index (χ1v) is 8.90. The summed E-state index contributed by atoms with van der Waals surface area (Å²) in [5.41, 5.74) is 4.32. The van der Waals surface area contributed by atoms with Gasteiger partial charge in [0.25, 0.3) is 5.91 Å². The number of hydrogen-bond donors (Lipinski definition) is 2. The first-order valence-electron chi connectivity index (χ1n) is 8.90. The van der Waals surface area contributed by atoms with E-state index in [9.17, 15) is 4.79 Å². The molecule has 5 heteroatoms. The summed E-state index contributed by atoms with van der Waals surface area (Å²) in [7, 11) is 0. The summed E-state index contributed by atoms with van der Waals surface area (Å²) in [4.78, 5) is 16.8. The van der Waals surface area contributed by atoms with Crippen molar-refractivity contribution in [2.45, 2.75) is 20.8 Å². The predicted octanol–water partition coefficient (Wildman–Crippen LogP) is 5.09. The number of nitrogens with one attached hydrogen (secondary N) is 2. The number of para-hydroxylation sites is 1. The zero-order valence-corrected chi connectivity index (χ0v) is 15.7. The maximum atomic E-state index is 12.5. The number of amides is 1. The van der Waals surface area contributed by atoms with Crippen molar-refractivity contribution in [3.05, 3.63) is 77.5 Å². The molecule has 2 N–H and O–H groups in total. The summed E-state index contributed by atoms with van der Waals surface area (Å²) >= 11 is 0. The van der Waals surface area contributed by atoms with Gasteiger partial charge in [0.15, 0.2) is 0 Å². The van der Waals surface area contributed by atoms with Crippen molar-refractivity contribution in [2.24, 2.45) is 0 Å². The van der Waals surface area contributed by atoms with E-state index in [0.717, 1.165) is 28.3 Å². The van der Waals surface area contributed by atoms with Crippen molar-refractivity contribution >= 4 is 23.1 Å². The van der Waals surface area contributed by atoms with Gasteiger partial charge in [-0.2, -0.15) is 0 Å². The summed E-state index contributed by atoms with van der Waals surface area (Å²) in [6.45, 7) is 6.55. The fourth-order valence-electron chi connectivity index (χ4n) is 2.75. The normalized spacial score (nSPS) is 10.3. The summed E-state index contributed by atoms with van der Waals surface area (Å²) in [6, 6.07) is 17.1. The van der Waals surface area contributed by atoms with Crippen LogP contribution in [0.2, 0.25) is 0 Å². The number of rotatable bonds is 6. The third-order valence-electron chi connectivity index (χ3n) is 4.18. The van der Waals surface area contributed by atoms with Crippen molar-refractivity contribution in [1.29, 1.82) is 0 Å². The number of aromatic nitrogens is 1. The van der Waals surface area contributed by atoms with Crippen LogP contribution in [0.15, 0.2) is 60.8 Å². The second kappa shape index (κ2) is 8.36. The van der Waals surface area contributed by atoms with Crippen LogP contribution < -0.4 is 15.4 Å². The summed E-state index contributed by atoms with van der Waals surface area (Å²) in [5.74, 6) is 1.32. The number of anilines is 3. The molecule has 5 nitrogen and oxygen atoms in total. The van der Waals surface area contributed by atoms with E-state index in [1.165, 1.54) is 0 Å². The Morgan fingerprint density at radius 1 is 1.00 bits per heavy atom. The molecule has 2 aromatic carbocycles. The fraction of sp³-hybridized carbons (Fsp3) is 0.182. The first kappa shape index (κ1) is 18.5. The minimum Gasteiger partial charge on any atom is -0.494 e. The maximum absolute atomic E-state index is 12.5. The number of aryl methyl sites for hydroxylation is 2. The van der Waals surface area contributed by atoms with Gasteiger partial charge in [-0.05, 0) is 68.3 Å². The molecule has 138 valence electrons. The van der Waals surface area contributed by atoms with E-state index in [4.69, 9.17) is 4.74 Å². The molecule has 0 radical (unpaired) electrons. The van der Waals surface area contributed by atoms with Gasteiger partial charge in [0.2, 0.25) is 0 Å². The highest BCUT2D eigenvalue weighted by Gasteiger charge is 2.10. The number of carbonyl (C=O) groups is 1.